The van der Waals surface area contributed by atoms with Crippen molar-refractivity contribution in [2.75, 3.05) is 26.2 Å². The molecule has 120 valence electrons. The number of carbonyl (C=O) groups excluding carboxylic acids is 1. The van der Waals surface area contributed by atoms with Gasteiger partial charge in [-0.05, 0) is 25.1 Å². The molecule has 3 nitrogen and oxygen atoms in total. The number of nitrogens with zero attached hydrogens (tertiary/aromatic N) is 1. The van der Waals surface area contributed by atoms with Crippen molar-refractivity contribution in [2.24, 2.45) is 0 Å². The number of likely N-dealkylation sites (N-methyl/N-ethyl adjacent to an activating group) is 1. The number of benzene rings is 1. The molecule has 0 saturated carbocycles. The van der Waals surface area contributed by atoms with Gasteiger partial charge in [-0.1, -0.05) is 51.1 Å². The molecule has 1 atom stereocenters. The number of halogens is 1. The zero-order valence-corrected chi connectivity index (χ0v) is 14.4. The summed E-state index contributed by atoms with van der Waals surface area (Å²) in [7, 11) is 0. The molecule has 21 heavy (non-hydrogen) atoms. The van der Waals surface area contributed by atoms with E-state index in [-0.39, 0.29) is 23.8 Å². The lowest BCUT2D eigenvalue weighted by atomic mass is 9.78. The van der Waals surface area contributed by atoms with E-state index in [1.807, 2.05) is 6.07 Å². The second-order valence-electron chi connectivity index (χ2n) is 5.24. The molecule has 1 unspecified atom stereocenters. The van der Waals surface area contributed by atoms with E-state index in [9.17, 15) is 4.79 Å². The van der Waals surface area contributed by atoms with Crippen molar-refractivity contribution in [3.8, 4) is 0 Å². The topological polar surface area (TPSA) is 29.5 Å². The summed E-state index contributed by atoms with van der Waals surface area (Å²) in [5.41, 5.74) is 1.12. The molecule has 1 aromatic carbocycles. The van der Waals surface area contributed by atoms with Gasteiger partial charge in [-0.15, -0.1) is 12.4 Å². The Morgan fingerprint density at radius 3 is 2.14 bits per heavy atom. The van der Waals surface area contributed by atoms with Gasteiger partial charge in [-0.25, -0.2) is 0 Å². The van der Waals surface area contributed by atoms with Crippen molar-refractivity contribution in [1.82, 2.24) is 4.90 Å². The van der Waals surface area contributed by atoms with Crippen LogP contribution in [0.1, 0.15) is 39.7 Å². The molecule has 0 aromatic heterocycles. The quantitative estimate of drug-likeness (QED) is 0.686. The molecule has 0 N–H and O–H groups in total. The lowest BCUT2D eigenvalue weighted by molar-refractivity contribution is -0.143. The molecule has 0 bridgehead atoms. The van der Waals surface area contributed by atoms with E-state index in [2.05, 4.69) is 49.9 Å². The summed E-state index contributed by atoms with van der Waals surface area (Å²) in [6.07, 6.45) is 0.945. The second kappa shape index (κ2) is 9.80. The van der Waals surface area contributed by atoms with E-state index in [0.717, 1.165) is 26.1 Å². The van der Waals surface area contributed by atoms with Crippen LogP contribution < -0.4 is 0 Å². The third kappa shape index (κ3) is 5.68. The summed E-state index contributed by atoms with van der Waals surface area (Å²) in [5.74, 6) is -0.210. The minimum Gasteiger partial charge on any atom is -0.465 e. The molecule has 4 heteroatoms. The number of rotatable bonds is 8. The Bertz CT molecular complexity index is 407. The van der Waals surface area contributed by atoms with Crippen LogP contribution in [0.4, 0.5) is 0 Å². The average molecular weight is 314 g/mol. The fourth-order valence-corrected chi connectivity index (χ4v) is 2.54. The van der Waals surface area contributed by atoms with Gasteiger partial charge in [0.05, 0.1) is 0 Å². The van der Waals surface area contributed by atoms with Crippen molar-refractivity contribution in [3.63, 3.8) is 0 Å². The molecular formula is C17H28ClNO2. The molecule has 1 aromatic rings. The molecule has 1 rings (SSSR count). The Morgan fingerprint density at radius 2 is 1.71 bits per heavy atom. The second-order valence-corrected chi connectivity index (χ2v) is 5.24. The Hall–Kier alpha value is -1.06. The molecule has 0 radical (unpaired) electrons. The Labute approximate surface area is 135 Å². The zero-order chi connectivity index (χ0) is 15.0. The first-order valence-electron chi connectivity index (χ1n) is 7.49. The maximum Gasteiger partial charge on any atom is 0.302 e. The molecule has 0 amide bonds. The molecule has 0 heterocycles. The van der Waals surface area contributed by atoms with Gasteiger partial charge in [-0.3, -0.25) is 4.79 Å². The van der Waals surface area contributed by atoms with Crippen molar-refractivity contribution in [1.29, 1.82) is 0 Å². The first-order chi connectivity index (χ1) is 9.57. The van der Waals surface area contributed by atoms with Crippen LogP contribution in [0, 0.1) is 0 Å². The van der Waals surface area contributed by atoms with Gasteiger partial charge in [0, 0.05) is 18.9 Å². The van der Waals surface area contributed by atoms with Crippen LogP contribution in [-0.4, -0.2) is 37.1 Å². The van der Waals surface area contributed by atoms with Gasteiger partial charge in [-0.2, -0.15) is 0 Å². The Kier molecular flexibility index (Phi) is 9.31. The van der Waals surface area contributed by atoms with Gasteiger partial charge in [0.1, 0.15) is 6.61 Å². The highest BCUT2D eigenvalue weighted by atomic mass is 35.5. The molecule has 0 aliphatic carbocycles. The van der Waals surface area contributed by atoms with Crippen LogP contribution in [0.2, 0.25) is 0 Å². The van der Waals surface area contributed by atoms with Crippen molar-refractivity contribution >= 4 is 18.4 Å². The van der Waals surface area contributed by atoms with E-state index in [0.29, 0.717) is 6.61 Å². The molecular weight excluding hydrogens is 286 g/mol. The van der Waals surface area contributed by atoms with E-state index >= 15 is 0 Å². The first-order valence-corrected chi connectivity index (χ1v) is 7.49. The van der Waals surface area contributed by atoms with Crippen LogP contribution in [0.3, 0.4) is 0 Å². The van der Waals surface area contributed by atoms with Crippen molar-refractivity contribution < 1.29 is 9.53 Å². The predicted octanol–water partition coefficient (Wildman–Crippen LogP) is 3.66. The van der Waals surface area contributed by atoms with Gasteiger partial charge >= 0.3 is 5.97 Å². The smallest absolute Gasteiger partial charge is 0.302 e. The highest BCUT2D eigenvalue weighted by molar-refractivity contribution is 5.85. The van der Waals surface area contributed by atoms with E-state index in [1.165, 1.54) is 12.5 Å². The first kappa shape index (κ1) is 19.9. The summed E-state index contributed by atoms with van der Waals surface area (Å²) >= 11 is 0. The fraction of sp³-hybridized carbons (Fsp3) is 0.588. The fourth-order valence-electron chi connectivity index (χ4n) is 2.54. The predicted molar refractivity (Wildman–Crippen MR) is 90.1 cm³/mol. The highest BCUT2D eigenvalue weighted by Gasteiger charge is 2.33. The van der Waals surface area contributed by atoms with E-state index in [4.69, 9.17) is 4.74 Å². The number of ether oxygens (including phenoxy) is 1. The lowest BCUT2D eigenvalue weighted by Crippen LogP contribution is -2.44. The Balaban J connectivity index is 0.00000400. The monoisotopic (exact) mass is 313 g/mol. The van der Waals surface area contributed by atoms with Crippen LogP contribution in [0.25, 0.3) is 0 Å². The van der Waals surface area contributed by atoms with Crippen LogP contribution in [0.15, 0.2) is 30.3 Å². The average Bonchev–Trinajstić information content (AvgIpc) is 2.49. The molecule has 0 aliphatic heterocycles. The summed E-state index contributed by atoms with van der Waals surface area (Å²) < 4.78 is 5.38. The number of hydrogen-bond donors (Lipinski definition) is 0. The molecule has 0 saturated heterocycles. The number of hydrogen-bond acceptors (Lipinski definition) is 3. The number of esters is 1. The van der Waals surface area contributed by atoms with Crippen molar-refractivity contribution in [2.45, 2.75) is 39.5 Å². The van der Waals surface area contributed by atoms with Gasteiger partial charge in [0.25, 0.3) is 0 Å². The summed E-state index contributed by atoms with van der Waals surface area (Å²) in [6.45, 7) is 11.3. The minimum atomic E-state index is -0.210. The van der Waals surface area contributed by atoms with Gasteiger partial charge in [0.15, 0.2) is 0 Å². The minimum absolute atomic E-state index is 0. The third-order valence-corrected chi connectivity index (χ3v) is 4.04. The lowest BCUT2D eigenvalue weighted by Gasteiger charge is -2.37. The van der Waals surface area contributed by atoms with Gasteiger partial charge < -0.3 is 9.64 Å². The normalized spacial score (nSPS) is 13.4. The molecule has 0 aliphatic rings. The standard InChI is InChI=1S/C17H27NO2.ClH/c1-5-17(14-20-15(4)19,13-18(6-2)7-3)16-11-9-8-10-12-16;/h8-12H,5-7,13-14H2,1-4H3;1H. The molecule has 0 fully saturated rings. The van der Waals surface area contributed by atoms with Crippen LogP contribution >= 0.6 is 12.4 Å². The summed E-state index contributed by atoms with van der Waals surface area (Å²) in [6, 6.07) is 10.4. The maximum atomic E-state index is 11.2. The van der Waals surface area contributed by atoms with Gasteiger partial charge in [0.2, 0.25) is 0 Å². The summed E-state index contributed by atoms with van der Waals surface area (Å²) in [4.78, 5) is 13.6. The largest absolute Gasteiger partial charge is 0.465 e. The van der Waals surface area contributed by atoms with Crippen molar-refractivity contribution in [3.05, 3.63) is 35.9 Å². The zero-order valence-electron chi connectivity index (χ0n) is 13.6. The highest BCUT2D eigenvalue weighted by Crippen LogP contribution is 2.30. The Morgan fingerprint density at radius 1 is 1.14 bits per heavy atom. The maximum absolute atomic E-state index is 11.2. The van der Waals surface area contributed by atoms with Crippen LogP contribution in [-0.2, 0) is 14.9 Å². The van der Waals surface area contributed by atoms with E-state index in [1.54, 1.807) is 0 Å². The van der Waals surface area contributed by atoms with E-state index < -0.39 is 0 Å². The SMILES string of the molecule is CCN(CC)CC(CC)(COC(C)=O)c1ccccc1.Cl. The van der Waals surface area contributed by atoms with Crippen LogP contribution in [0.5, 0.6) is 0 Å². The third-order valence-electron chi connectivity index (χ3n) is 4.04. The molecule has 0 spiro atoms. The number of carbonyl (C=O) groups is 1. The summed E-state index contributed by atoms with van der Waals surface area (Å²) in [5, 5.41) is 0.